The van der Waals surface area contributed by atoms with Gasteiger partial charge < -0.3 is 15.2 Å². The van der Waals surface area contributed by atoms with Crippen LogP contribution in [-0.2, 0) is 11.3 Å². The maximum Gasteiger partial charge on any atom is 0.165 e. The van der Waals surface area contributed by atoms with Crippen LogP contribution in [0.3, 0.4) is 0 Å². The third-order valence-electron chi connectivity index (χ3n) is 2.25. The highest BCUT2D eigenvalue weighted by molar-refractivity contribution is 5.27. The van der Waals surface area contributed by atoms with Crippen molar-refractivity contribution in [3.63, 3.8) is 0 Å². The first-order valence-corrected chi connectivity index (χ1v) is 4.90. The lowest BCUT2D eigenvalue weighted by atomic mass is 10.1. The molecule has 0 radical (unpaired) electrons. The zero-order valence-corrected chi connectivity index (χ0v) is 9.26. The van der Waals surface area contributed by atoms with Gasteiger partial charge in [0.05, 0.1) is 12.7 Å². The van der Waals surface area contributed by atoms with E-state index in [9.17, 15) is 13.9 Å². The van der Waals surface area contributed by atoms with Gasteiger partial charge in [0.15, 0.2) is 11.6 Å². The number of benzene rings is 1. The molecule has 0 heterocycles. The van der Waals surface area contributed by atoms with Crippen molar-refractivity contribution in [3.05, 3.63) is 34.9 Å². The molecule has 0 saturated carbocycles. The zero-order valence-electron chi connectivity index (χ0n) is 9.26. The molecule has 0 amide bonds. The van der Waals surface area contributed by atoms with Crippen molar-refractivity contribution in [3.8, 4) is 0 Å². The van der Waals surface area contributed by atoms with E-state index in [1.54, 1.807) is 7.05 Å². The molecular formula is C11H15F2NO2. The van der Waals surface area contributed by atoms with Gasteiger partial charge in [-0.05, 0) is 7.05 Å². The van der Waals surface area contributed by atoms with Crippen molar-refractivity contribution in [2.45, 2.75) is 12.7 Å². The van der Waals surface area contributed by atoms with Crippen molar-refractivity contribution in [1.29, 1.82) is 0 Å². The van der Waals surface area contributed by atoms with Crippen LogP contribution in [0.25, 0.3) is 0 Å². The summed E-state index contributed by atoms with van der Waals surface area (Å²) >= 11 is 0. The van der Waals surface area contributed by atoms with Crippen LogP contribution in [0.4, 0.5) is 8.78 Å². The van der Waals surface area contributed by atoms with E-state index in [-0.39, 0.29) is 24.3 Å². The number of rotatable bonds is 5. The number of nitrogens with one attached hydrogen (secondary N) is 1. The Morgan fingerprint density at radius 1 is 1.38 bits per heavy atom. The van der Waals surface area contributed by atoms with Gasteiger partial charge in [-0.3, -0.25) is 0 Å². The smallest absolute Gasteiger partial charge is 0.165 e. The second-order valence-corrected chi connectivity index (χ2v) is 3.45. The maximum atomic E-state index is 13.5. The summed E-state index contributed by atoms with van der Waals surface area (Å²) in [7, 11) is 3.03. The molecule has 16 heavy (non-hydrogen) atoms. The minimum atomic E-state index is -1.06. The maximum absolute atomic E-state index is 13.5. The number of halogens is 2. The van der Waals surface area contributed by atoms with E-state index in [0.717, 1.165) is 0 Å². The fourth-order valence-electron chi connectivity index (χ4n) is 1.43. The minimum absolute atomic E-state index is 0.00512. The molecule has 90 valence electrons. The Balaban J connectivity index is 3.01. The van der Waals surface area contributed by atoms with Crippen molar-refractivity contribution in [2.24, 2.45) is 0 Å². The quantitative estimate of drug-likeness (QED) is 0.804. The first kappa shape index (κ1) is 13.0. The molecule has 1 atom stereocenters. The first-order valence-electron chi connectivity index (χ1n) is 4.90. The summed E-state index contributed by atoms with van der Waals surface area (Å²) in [6, 6.07) is 2.78. The lowest BCUT2D eigenvalue weighted by Gasteiger charge is -2.13. The monoisotopic (exact) mass is 231 g/mol. The zero-order chi connectivity index (χ0) is 12.1. The molecule has 0 aliphatic heterocycles. The largest absolute Gasteiger partial charge is 0.387 e. The van der Waals surface area contributed by atoms with Crippen molar-refractivity contribution in [2.75, 3.05) is 20.7 Å². The van der Waals surface area contributed by atoms with E-state index in [1.807, 2.05) is 0 Å². The van der Waals surface area contributed by atoms with Crippen LogP contribution >= 0.6 is 0 Å². The summed E-state index contributed by atoms with van der Waals surface area (Å²) in [5.41, 5.74) is 0.0899. The molecule has 0 aromatic heterocycles. The predicted molar refractivity (Wildman–Crippen MR) is 56.0 cm³/mol. The molecule has 5 heteroatoms. The van der Waals surface area contributed by atoms with Gasteiger partial charge in [0, 0.05) is 24.8 Å². The summed E-state index contributed by atoms with van der Waals surface area (Å²) in [5, 5.41) is 12.2. The van der Waals surface area contributed by atoms with Gasteiger partial charge in [-0.15, -0.1) is 0 Å². The Labute approximate surface area is 93.0 Å². The highest BCUT2D eigenvalue weighted by Gasteiger charge is 2.18. The number of hydrogen-bond donors (Lipinski definition) is 2. The molecule has 1 aromatic carbocycles. The van der Waals surface area contributed by atoms with E-state index in [4.69, 9.17) is 4.74 Å². The van der Waals surface area contributed by atoms with Crippen LogP contribution in [0.15, 0.2) is 12.1 Å². The highest BCUT2D eigenvalue weighted by atomic mass is 19.2. The number of ether oxygens (including phenoxy) is 1. The Morgan fingerprint density at radius 2 is 2.06 bits per heavy atom. The number of methoxy groups -OCH3 is 1. The summed E-state index contributed by atoms with van der Waals surface area (Å²) in [6.07, 6.45) is -1.06. The lowest BCUT2D eigenvalue weighted by Crippen LogP contribution is -2.18. The molecular weight excluding hydrogens is 216 g/mol. The molecule has 0 spiro atoms. The highest BCUT2D eigenvalue weighted by Crippen LogP contribution is 2.22. The van der Waals surface area contributed by atoms with Gasteiger partial charge in [-0.25, -0.2) is 8.78 Å². The van der Waals surface area contributed by atoms with E-state index >= 15 is 0 Å². The third-order valence-corrected chi connectivity index (χ3v) is 2.25. The molecule has 1 unspecified atom stereocenters. The molecule has 1 rings (SSSR count). The molecule has 0 aliphatic rings. The molecule has 0 aliphatic carbocycles. The minimum Gasteiger partial charge on any atom is -0.387 e. The Morgan fingerprint density at radius 3 is 2.62 bits per heavy atom. The first-order chi connectivity index (χ1) is 7.61. The molecule has 0 fully saturated rings. The standard InChI is InChI=1S/C11H15F2NO2/c1-14-5-9(15)8-4-3-7(6-16-2)10(12)11(8)13/h3-4,9,14-15H,5-6H2,1-2H3. The second kappa shape index (κ2) is 5.89. The SMILES string of the molecule is CNCC(O)c1ccc(COC)c(F)c1F. The molecule has 1 aromatic rings. The summed E-state index contributed by atoms with van der Waals surface area (Å²) in [5.74, 6) is -1.98. The van der Waals surface area contributed by atoms with Crippen LogP contribution in [0.2, 0.25) is 0 Å². The Hall–Kier alpha value is -1.04. The van der Waals surface area contributed by atoms with Gasteiger partial charge in [0.2, 0.25) is 0 Å². The van der Waals surface area contributed by atoms with Crippen LogP contribution in [0, 0.1) is 11.6 Å². The van der Waals surface area contributed by atoms with Crippen molar-refractivity contribution >= 4 is 0 Å². The predicted octanol–water partition coefficient (Wildman–Crippen LogP) is 1.36. The van der Waals surface area contributed by atoms with Crippen molar-refractivity contribution in [1.82, 2.24) is 5.32 Å². The van der Waals surface area contributed by atoms with E-state index in [1.165, 1.54) is 19.2 Å². The normalized spacial score (nSPS) is 12.8. The average molecular weight is 231 g/mol. The number of hydrogen-bond acceptors (Lipinski definition) is 3. The van der Waals surface area contributed by atoms with Crippen LogP contribution in [-0.4, -0.2) is 25.8 Å². The third kappa shape index (κ3) is 2.75. The summed E-state index contributed by atoms with van der Waals surface area (Å²) in [6.45, 7) is 0.172. The lowest BCUT2D eigenvalue weighted by molar-refractivity contribution is 0.168. The number of likely N-dealkylation sites (N-methyl/N-ethyl adjacent to an activating group) is 1. The molecule has 0 saturated heterocycles. The topological polar surface area (TPSA) is 41.5 Å². The van der Waals surface area contributed by atoms with Gasteiger partial charge in [0.25, 0.3) is 0 Å². The van der Waals surface area contributed by atoms with E-state index in [0.29, 0.717) is 0 Å². The van der Waals surface area contributed by atoms with E-state index < -0.39 is 17.7 Å². The van der Waals surface area contributed by atoms with Gasteiger partial charge in [0.1, 0.15) is 0 Å². The van der Waals surface area contributed by atoms with E-state index in [2.05, 4.69) is 5.32 Å². The van der Waals surface area contributed by atoms with Crippen LogP contribution in [0.5, 0.6) is 0 Å². The molecule has 3 nitrogen and oxygen atoms in total. The summed E-state index contributed by atoms with van der Waals surface area (Å²) < 4.78 is 31.7. The van der Waals surface area contributed by atoms with Crippen LogP contribution in [0.1, 0.15) is 17.2 Å². The second-order valence-electron chi connectivity index (χ2n) is 3.45. The van der Waals surface area contributed by atoms with Gasteiger partial charge in [-0.2, -0.15) is 0 Å². The van der Waals surface area contributed by atoms with Gasteiger partial charge in [-0.1, -0.05) is 12.1 Å². The Kier molecular flexibility index (Phi) is 4.79. The Bertz CT molecular complexity index is 358. The number of aliphatic hydroxyl groups is 1. The van der Waals surface area contributed by atoms with Crippen molar-refractivity contribution < 1.29 is 18.6 Å². The summed E-state index contributed by atoms with van der Waals surface area (Å²) in [4.78, 5) is 0. The number of aliphatic hydroxyl groups excluding tert-OH is 1. The molecule has 0 bridgehead atoms. The fourth-order valence-corrected chi connectivity index (χ4v) is 1.43. The van der Waals surface area contributed by atoms with Crippen LogP contribution < -0.4 is 5.32 Å². The average Bonchev–Trinajstić information content (AvgIpc) is 2.25. The molecule has 2 N–H and O–H groups in total. The van der Waals surface area contributed by atoms with Gasteiger partial charge >= 0.3 is 0 Å². The fraction of sp³-hybridized carbons (Fsp3) is 0.455.